The van der Waals surface area contributed by atoms with Crippen molar-refractivity contribution in [2.45, 2.75) is 32.7 Å². The van der Waals surface area contributed by atoms with Crippen LogP contribution < -0.4 is 11.1 Å². The zero-order chi connectivity index (χ0) is 15.2. The highest BCUT2D eigenvalue weighted by atomic mass is 16.2. The molecule has 3 nitrogen and oxygen atoms in total. The minimum atomic E-state index is -0.495. The van der Waals surface area contributed by atoms with Crippen LogP contribution in [-0.4, -0.2) is 11.9 Å². The summed E-state index contributed by atoms with van der Waals surface area (Å²) in [6.45, 7) is 3.98. The van der Waals surface area contributed by atoms with Gasteiger partial charge in [0.1, 0.15) is 0 Å². The van der Waals surface area contributed by atoms with Crippen molar-refractivity contribution in [1.29, 1.82) is 0 Å². The molecule has 0 aliphatic heterocycles. The van der Waals surface area contributed by atoms with Gasteiger partial charge in [0.15, 0.2) is 0 Å². The first-order chi connectivity index (χ1) is 10.1. The summed E-state index contributed by atoms with van der Waals surface area (Å²) >= 11 is 0. The second kappa shape index (κ2) is 7.04. The Hall–Kier alpha value is -2.13. The Kier molecular flexibility index (Phi) is 5.12. The fourth-order valence-corrected chi connectivity index (χ4v) is 2.19. The van der Waals surface area contributed by atoms with Crippen molar-refractivity contribution in [2.75, 3.05) is 5.32 Å². The third kappa shape index (κ3) is 4.43. The molecule has 1 unspecified atom stereocenters. The number of carbonyl (C=O) groups excluding carboxylic acids is 1. The predicted molar refractivity (Wildman–Crippen MR) is 87.3 cm³/mol. The molecule has 2 rings (SSSR count). The molecule has 3 heteroatoms. The van der Waals surface area contributed by atoms with Gasteiger partial charge in [0.25, 0.3) is 0 Å². The normalized spacial score (nSPS) is 12.0. The van der Waals surface area contributed by atoms with Crippen molar-refractivity contribution >= 4 is 11.6 Å². The van der Waals surface area contributed by atoms with E-state index >= 15 is 0 Å². The van der Waals surface area contributed by atoms with E-state index in [9.17, 15) is 4.79 Å². The second-order valence-electron chi connectivity index (χ2n) is 5.44. The van der Waals surface area contributed by atoms with Crippen LogP contribution in [0.25, 0.3) is 0 Å². The van der Waals surface area contributed by atoms with Crippen LogP contribution in [0.15, 0.2) is 48.5 Å². The highest BCUT2D eigenvalue weighted by Crippen LogP contribution is 2.16. The third-order valence-corrected chi connectivity index (χ3v) is 3.57. The molecule has 110 valence electrons. The van der Waals surface area contributed by atoms with E-state index in [-0.39, 0.29) is 5.91 Å². The molecule has 0 aromatic heterocycles. The van der Waals surface area contributed by atoms with Crippen LogP contribution in [0.1, 0.15) is 23.1 Å². The third-order valence-electron chi connectivity index (χ3n) is 3.57. The lowest BCUT2D eigenvalue weighted by Gasteiger charge is -2.14. The number of anilines is 1. The van der Waals surface area contributed by atoms with Gasteiger partial charge in [0, 0.05) is 5.69 Å². The molecule has 21 heavy (non-hydrogen) atoms. The van der Waals surface area contributed by atoms with Gasteiger partial charge in [0.05, 0.1) is 6.04 Å². The van der Waals surface area contributed by atoms with Gasteiger partial charge < -0.3 is 11.1 Å². The Morgan fingerprint density at radius 3 is 2.57 bits per heavy atom. The highest BCUT2D eigenvalue weighted by molar-refractivity contribution is 5.95. The number of benzene rings is 2. The summed E-state index contributed by atoms with van der Waals surface area (Å²) in [5, 5.41) is 2.92. The van der Waals surface area contributed by atoms with E-state index in [4.69, 9.17) is 5.73 Å². The topological polar surface area (TPSA) is 55.1 Å². The summed E-state index contributed by atoms with van der Waals surface area (Å²) in [5.41, 5.74) is 10.2. The van der Waals surface area contributed by atoms with Crippen molar-refractivity contribution < 1.29 is 4.79 Å². The zero-order valence-electron chi connectivity index (χ0n) is 12.6. The minimum Gasteiger partial charge on any atom is -0.324 e. The summed E-state index contributed by atoms with van der Waals surface area (Å²) in [7, 11) is 0. The lowest BCUT2D eigenvalue weighted by Crippen LogP contribution is -2.36. The molecular formula is C18H22N2O. The van der Waals surface area contributed by atoms with Gasteiger partial charge in [-0.05, 0) is 49.4 Å². The predicted octanol–water partition coefficient (Wildman–Crippen LogP) is 3.20. The van der Waals surface area contributed by atoms with Crippen LogP contribution in [0.5, 0.6) is 0 Å². The fraction of sp³-hybridized carbons (Fsp3) is 0.278. The molecule has 3 N–H and O–H groups in total. The number of nitrogens with two attached hydrogens (primary N) is 1. The highest BCUT2D eigenvalue weighted by Gasteiger charge is 2.14. The summed E-state index contributed by atoms with van der Waals surface area (Å²) in [6.07, 6.45) is 1.45. The number of aryl methyl sites for hydroxylation is 3. The van der Waals surface area contributed by atoms with E-state index in [0.29, 0.717) is 6.42 Å². The summed E-state index contributed by atoms with van der Waals surface area (Å²) in [6, 6.07) is 15.6. The Morgan fingerprint density at radius 1 is 1.14 bits per heavy atom. The van der Waals surface area contributed by atoms with Gasteiger partial charge in [-0.1, -0.05) is 42.5 Å². The first-order valence-electron chi connectivity index (χ1n) is 7.24. The molecule has 0 fully saturated rings. The number of hydrogen-bond acceptors (Lipinski definition) is 2. The van der Waals surface area contributed by atoms with E-state index in [0.717, 1.165) is 23.2 Å². The molecule has 0 bridgehead atoms. The minimum absolute atomic E-state index is 0.125. The van der Waals surface area contributed by atoms with Crippen molar-refractivity contribution in [3.05, 3.63) is 65.2 Å². The van der Waals surface area contributed by atoms with Crippen LogP contribution in [0, 0.1) is 13.8 Å². The maximum absolute atomic E-state index is 12.2. The van der Waals surface area contributed by atoms with Crippen molar-refractivity contribution in [2.24, 2.45) is 5.73 Å². The van der Waals surface area contributed by atoms with Gasteiger partial charge in [-0.15, -0.1) is 0 Å². The van der Waals surface area contributed by atoms with E-state index in [1.54, 1.807) is 0 Å². The maximum Gasteiger partial charge on any atom is 0.241 e. The van der Waals surface area contributed by atoms with Gasteiger partial charge in [-0.25, -0.2) is 0 Å². The van der Waals surface area contributed by atoms with Crippen LogP contribution in [-0.2, 0) is 11.2 Å². The molecular weight excluding hydrogens is 260 g/mol. The molecule has 0 spiro atoms. The average molecular weight is 282 g/mol. The largest absolute Gasteiger partial charge is 0.324 e. The van der Waals surface area contributed by atoms with Crippen LogP contribution in [0.4, 0.5) is 5.69 Å². The summed E-state index contributed by atoms with van der Waals surface area (Å²) in [4.78, 5) is 12.2. The van der Waals surface area contributed by atoms with E-state index in [1.165, 1.54) is 5.56 Å². The lowest BCUT2D eigenvalue weighted by molar-refractivity contribution is -0.117. The second-order valence-corrected chi connectivity index (χ2v) is 5.44. The number of amides is 1. The molecule has 1 atom stereocenters. The van der Waals surface area contributed by atoms with E-state index < -0.39 is 6.04 Å². The Balaban J connectivity index is 1.92. The molecule has 0 heterocycles. The average Bonchev–Trinajstić information content (AvgIpc) is 2.49. The van der Waals surface area contributed by atoms with Gasteiger partial charge >= 0.3 is 0 Å². The molecule has 2 aromatic carbocycles. The first-order valence-corrected chi connectivity index (χ1v) is 7.24. The molecule has 2 aromatic rings. The zero-order valence-corrected chi connectivity index (χ0v) is 12.6. The van der Waals surface area contributed by atoms with Crippen molar-refractivity contribution in [3.63, 3.8) is 0 Å². The molecule has 0 saturated carbocycles. The standard InChI is InChI=1S/C18H22N2O/c1-13-8-9-14(2)17(12-13)20-18(21)16(19)11-10-15-6-4-3-5-7-15/h3-9,12,16H,10-11,19H2,1-2H3,(H,20,21). The smallest absolute Gasteiger partial charge is 0.241 e. The molecule has 0 aliphatic carbocycles. The Bertz CT molecular complexity index is 608. The van der Waals surface area contributed by atoms with Gasteiger partial charge in [0.2, 0.25) is 5.91 Å². The Labute approximate surface area is 126 Å². The van der Waals surface area contributed by atoms with Crippen LogP contribution >= 0.6 is 0 Å². The van der Waals surface area contributed by atoms with Crippen molar-refractivity contribution in [3.8, 4) is 0 Å². The summed E-state index contributed by atoms with van der Waals surface area (Å²) < 4.78 is 0. The number of carbonyl (C=O) groups is 1. The van der Waals surface area contributed by atoms with Gasteiger partial charge in [-0.2, -0.15) is 0 Å². The quantitative estimate of drug-likeness (QED) is 0.884. The van der Waals surface area contributed by atoms with Crippen LogP contribution in [0.3, 0.4) is 0 Å². The van der Waals surface area contributed by atoms with Crippen molar-refractivity contribution in [1.82, 2.24) is 0 Å². The Morgan fingerprint density at radius 2 is 1.86 bits per heavy atom. The molecule has 0 aliphatic rings. The van der Waals surface area contributed by atoms with E-state index in [2.05, 4.69) is 17.4 Å². The fourth-order valence-electron chi connectivity index (χ4n) is 2.19. The SMILES string of the molecule is Cc1ccc(C)c(NC(=O)C(N)CCc2ccccc2)c1. The maximum atomic E-state index is 12.2. The number of nitrogens with one attached hydrogen (secondary N) is 1. The molecule has 0 saturated heterocycles. The van der Waals surface area contributed by atoms with E-state index in [1.807, 2.05) is 50.2 Å². The van der Waals surface area contributed by atoms with Gasteiger partial charge in [-0.3, -0.25) is 4.79 Å². The molecule has 1 amide bonds. The lowest BCUT2D eigenvalue weighted by atomic mass is 10.0. The number of rotatable bonds is 5. The first kappa shape index (κ1) is 15.3. The molecule has 0 radical (unpaired) electrons. The van der Waals surface area contributed by atoms with Crippen LogP contribution in [0.2, 0.25) is 0 Å². The monoisotopic (exact) mass is 282 g/mol. The summed E-state index contributed by atoms with van der Waals surface area (Å²) in [5.74, 6) is -0.125. The number of hydrogen-bond donors (Lipinski definition) is 2.